The van der Waals surface area contributed by atoms with Gasteiger partial charge in [-0.3, -0.25) is 9.59 Å². The third kappa shape index (κ3) is 3.99. The van der Waals surface area contributed by atoms with Crippen LogP contribution in [0.25, 0.3) is 10.4 Å². The van der Waals surface area contributed by atoms with Crippen molar-refractivity contribution in [3.8, 4) is 10.4 Å². The molecule has 0 aliphatic rings. The monoisotopic (exact) mass is 378 g/mol. The Morgan fingerprint density at radius 3 is 2.24 bits per heavy atom. The number of esters is 1. The van der Waals surface area contributed by atoms with Gasteiger partial charge in [0, 0.05) is 15.3 Å². The fraction of sp³-hybridized carbons (Fsp3) is 0.316. The van der Waals surface area contributed by atoms with Gasteiger partial charge < -0.3 is 4.74 Å². The summed E-state index contributed by atoms with van der Waals surface area (Å²) < 4.78 is 5.08. The summed E-state index contributed by atoms with van der Waals surface area (Å²) in [5.74, 6) is -0.876. The summed E-state index contributed by atoms with van der Waals surface area (Å²) >= 11 is 7.05. The number of ketones is 1. The molecule has 0 bridgehead atoms. The van der Waals surface area contributed by atoms with Crippen molar-refractivity contribution in [2.75, 3.05) is 6.61 Å². The molecule has 0 radical (unpaired) electrons. The zero-order valence-electron chi connectivity index (χ0n) is 14.5. The first-order valence-corrected chi connectivity index (χ1v) is 9.00. The Labute approximate surface area is 155 Å². The molecule has 1 heterocycles. The molecule has 1 aromatic heterocycles. The minimum Gasteiger partial charge on any atom is -0.462 e. The van der Waals surface area contributed by atoms with E-state index in [0.29, 0.717) is 16.2 Å². The molecule has 0 saturated carbocycles. The molecule has 2 aromatic rings. The van der Waals surface area contributed by atoms with E-state index in [1.54, 1.807) is 52.0 Å². The van der Waals surface area contributed by atoms with E-state index in [9.17, 15) is 14.4 Å². The predicted molar refractivity (Wildman–Crippen MR) is 99.9 cm³/mol. The first kappa shape index (κ1) is 19.3. The molecule has 6 heteroatoms. The van der Waals surface area contributed by atoms with Crippen LogP contribution in [-0.4, -0.2) is 24.6 Å². The lowest BCUT2D eigenvalue weighted by Crippen LogP contribution is -2.23. The van der Waals surface area contributed by atoms with Crippen LogP contribution in [0.15, 0.2) is 24.3 Å². The molecule has 4 nitrogen and oxygen atoms in total. The van der Waals surface area contributed by atoms with Crippen molar-refractivity contribution in [1.82, 2.24) is 0 Å². The van der Waals surface area contributed by atoms with E-state index < -0.39 is 11.4 Å². The Hall–Kier alpha value is -1.98. The van der Waals surface area contributed by atoms with Gasteiger partial charge in [-0.1, -0.05) is 44.5 Å². The van der Waals surface area contributed by atoms with Crippen molar-refractivity contribution < 1.29 is 19.1 Å². The molecule has 0 aliphatic heterocycles. The molecule has 2 rings (SSSR count). The van der Waals surface area contributed by atoms with Crippen LogP contribution in [0, 0.1) is 5.41 Å². The molecule has 132 valence electrons. The summed E-state index contributed by atoms with van der Waals surface area (Å²) in [6.45, 7) is 7.15. The lowest BCUT2D eigenvalue weighted by atomic mass is 9.84. The smallest absolute Gasteiger partial charge is 0.340 e. The van der Waals surface area contributed by atoms with Crippen LogP contribution in [0.3, 0.4) is 0 Å². The molecule has 0 saturated heterocycles. The molecule has 0 aliphatic carbocycles. The summed E-state index contributed by atoms with van der Waals surface area (Å²) in [6.07, 6.45) is 0.593. The fourth-order valence-corrected chi connectivity index (χ4v) is 3.57. The quantitative estimate of drug-likeness (QED) is 0.403. The summed E-state index contributed by atoms with van der Waals surface area (Å²) in [5, 5.41) is 0.560. The number of Topliss-reactive ketones (excluding diaryl/α,β-unsaturated/α-hetero) is 1. The molecular formula is C19H19ClO4S. The topological polar surface area (TPSA) is 60.4 Å². The van der Waals surface area contributed by atoms with Crippen LogP contribution in [0.4, 0.5) is 0 Å². The lowest BCUT2D eigenvalue weighted by molar-refractivity contribution is 0.0520. The number of rotatable bonds is 5. The van der Waals surface area contributed by atoms with Crippen LogP contribution in [0.2, 0.25) is 5.02 Å². The van der Waals surface area contributed by atoms with E-state index in [4.69, 9.17) is 16.3 Å². The first-order valence-electron chi connectivity index (χ1n) is 7.80. The van der Waals surface area contributed by atoms with E-state index in [2.05, 4.69) is 0 Å². The second-order valence-corrected chi connectivity index (χ2v) is 7.96. The Kier molecular flexibility index (Phi) is 5.80. The van der Waals surface area contributed by atoms with Crippen LogP contribution in [0.1, 0.15) is 58.1 Å². The highest BCUT2D eigenvalue weighted by Crippen LogP contribution is 2.40. The second kappa shape index (κ2) is 7.50. The van der Waals surface area contributed by atoms with E-state index >= 15 is 0 Å². The molecule has 0 atom stereocenters. The summed E-state index contributed by atoms with van der Waals surface area (Å²) in [5.41, 5.74) is 0.289. The maximum atomic E-state index is 13.0. The van der Waals surface area contributed by atoms with E-state index in [0.717, 1.165) is 16.9 Å². The van der Waals surface area contributed by atoms with Crippen molar-refractivity contribution in [1.29, 1.82) is 0 Å². The summed E-state index contributed by atoms with van der Waals surface area (Å²) in [4.78, 5) is 37.8. The third-order valence-electron chi connectivity index (χ3n) is 3.54. The third-order valence-corrected chi connectivity index (χ3v) is 4.95. The first-order chi connectivity index (χ1) is 11.7. The fourth-order valence-electron chi connectivity index (χ4n) is 2.33. The Balaban J connectivity index is 2.79. The molecule has 0 N–H and O–H groups in total. The normalized spacial score (nSPS) is 11.2. The minimum atomic E-state index is -0.719. The highest BCUT2D eigenvalue weighted by molar-refractivity contribution is 7.18. The van der Waals surface area contributed by atoms with Gasteiger partial charge in [-0.25, -0.2) is 4.79 Å². The number of hydrogen-bond acceptors (Lipinski definition) is 5. The Bertz CT molecular complexity index is 813. The molecule has 25 heavy (non-hydrogen) atoms. The highest BCUT2D eigenvalue weighted by Gasteiger charge is 2.34. The Morgan fingerprint density at radius 1 is 1.16 bits per heavy atom. The van der Waals surface area contributed by atoms with Gasteiger partial charge in [0.05, 0.1) is 22.6 Å². The van der Waals surface area contributed by atoms with Gasteiger partial charge in [-0.15, -0.1) is 11.3 Å². The number of hydrogen-bond donors (Lipinski definition) is 0. The largest absolute Gasteiger partial charge is 0.462 e. The number of benzene rings is 1. The number of carbonyl (C=O) groups is 3. The van der Waals surface area contributed by atoms with Crippen LogP contribution in [0.5, 0.6) is 0 Å². The zero-order valence-corrected chi connectivity index (χ0v) is 16.1. The van der Waals surface area contributed by atoms with Crippen LogP contribution in [-0.2, 0) is 4.74 Å². The van der Waals surface area contributed by atoms with Gasteiger partial charge in [-0.2, -0.15) is 0 Å². The molecule has 0 fully saturated rings. The van der Waals surface area contributed by atoms with Gasteiger partial charge in [-0.05, 0) is 24.6 Å². The van der Waals surface area contributed by atoms with Crippen LogP contribution < -0.4 is 0 Å². The van der Waals surface area contributed by atoms with Crippen molar-refractivity contribution >= 4 is 41.0 Å². The highest BCUT2D eigenvalue weighted by atomic mass is 35.5. The number of halogens is 1. The minimum absolute atomic E-state index is 0.0479. The molecule has 0 spiro atoms. The van der Waals surface area contributed by atoms with Gasteiger partial charge in [0.15, 0.2) is 12.1 Å². The van der Waals surface area contributed by atoms with Gasteiger partial charge in [0.1, 0.15) is 0 Å². The van der Waals surface area contributed by atoms with Gasteiger partial charge >= 0.3 is 5.97 Å². The number of thiophene rings is 1. The number of aldehydes is 1. The average molecular weight is 379 g/mol. The van der Waals surface area contributed by atoms with Crippen molar-refractivity contribution in [2.45, 2.75) is 27.7 Å². The van der Waals surface area contributed by atoms with Gasteiger partial charge in [0.25, 0.3) is 0 Å². The second-order valence-electron chi connectivity index (χ2n) is 6.47. The summed E-state index contributed by atoms with van der Waals surface area (Å²) in [6, 6.07) is 6.92. The van der Waals surface area contributed by atoms with E-state index in [1.807, 2.05) is 0 Å². The zero-order chi connectivity index (χ0) is 18.8. The van der Waals surface area contributed by atoms with Crippen molar-refractivity contribution in [2.24, 2.45) is 5.41 Å². The lowest BCUT2D eigenvalue weighted by Gasteiger charge is -2.18. The average Bonchev–Trinajstić information content (AvgIpc) is 2.93. The predicted octanol–water partition coefficient (Wildman–Crippen LogP) is 5.29. The van der Waals surface area contributed by atoms with E-state index in [-0.39, 0.29) is 28.4 Å². The molecule has 0 amide bonds. The van der Waals surface area contributed by atoms with Gasteiger partial charge in [0.2, 0.25) is 0 Å². The maximum absolute atomic E-state index is 13.0. The number of carbonyl (C=O) groups excluding carboxylic acids is 3. The molecular weight excluding hydrogens is 360 g/mol. The number of ether oxygens (including phenoxy) is 1. The van der Waals surface area contributed by atoms with Crippen LogP contribution >= 0.6 is 22.9 Å². The molecule has 1 aromatic carbocycles. The van der Waals surface area contributed by atoms with E-state index in [1.165, 1.54) is 0 Å². The maximum Gasteiger partial charge on any atom is 0.340 e. The summed E-state index contributed by atoms with van der Waals surface area (Å²) in [7, 11) is 0. The SMILES string of the molecule is CCOC(=O)c1c(C=O)sc(-c2ccc(Cl)cc2)c1C(=O)C(C)(C)C. The van der Waals surface area contributed by atoms with Crippen molar-refractivity contribution in [3.05, 3.63) is 45.3 Å². The Morgan fingerprint density at radius 2 is 1.76 bits per heavy atom. The molecule has 0 unspecified atom stereocenters. The van der Waals surface area contributed by atoms with Crippen molar-refractivity contribution in [3.63, 3.8) is 0 Å². The standard InChI is InChI=1S/C19H19ClO4S/c1-5-24-18(23)14-13(10-21)25-16(11-6-8-12(20)9-7-11)15(14)17(22)19(2,3)4/h6-10H,5H2,1-4H3.